The van der Waals surface area contributed by atoms with Crippen LogP contribution in [-0.4, -0.2) is 8.07 Å². The minimum Gasteiger partial charge on any atom is -0.0901 e. The van der Waals surface area contributed by atoms with E-state index in [1.165, 1.54) is 0 Å². The molecule has 0 saturated heterocycles. The van der Waals surface area contributed by atoms with Gasteiger partial charge in [-0.1, -0.05) is 41.9 Å². The van der Waals surface area contributed by atoms with Crippen LogP contribution >= 0.6 is 0 Å². The van der Waals surface area contributed by atoms with Crippen LogP contribution in [0.5, 0.6) is 0 Å². The zero-order valence-electron chi connectivity index (χ0n) is 5.54. The second-order valence-electron chi connectivity index (χ2n) is 3.02. The van der Waals surface area contributed by atoms with Gasteiger partial charge in [0, 0.05) is 5.92 Å². The summed E-state index contributed by atoms with van der Waals surface area (Å²) in [5, 5.41) is 0. The van der Waals surface area contributed by atoms with Crippen molar-refractivity contribution < 1.29 is 0 Å². The van der Waals surface area contributed by atoms with Crippen molar-refractivity contribution in [3.05, 3.63) is 35.3 Å². The lowest BCUT2D eigenvalue weighted by Crippen LogP contribution is -2.28. The van der Waals surface area contributed by atoms with Crippen LogP contribution in [-0.2, 0) is 0 Å². The van der Waals surface area contributed by atoms with E-state index >= 15 is 0 Å². The van der Waals surface area contributed by atoms with E-state index in [1.54, 1.807) is 0 Å². The van der Waals surface area contributed by atoms with Crippen molar-refractivity contribution in [1.29, 1.82) is 0 Å². The standard InChI is InChI=1S/C8H10Si/c1-9-5-2-8(3-6-9)4-7-9/h2-8H,1H3. The third-order valence-corrected chi connectivity index (χ3v) is 4.76. The molecule has 0 spiro atoms. The zero-order chi connectivity index (χ0) is 6.32. The van der Waals surface area contributed by atoms with Gasteiger partial charge in [-0.05, 0) is 0 Å². The summed E-state index contributed by atoms with van der Waals surface area (Å²) in [4.78, 5) is 0. The first-order chi connectivity index (χ1) is 4.29. The highest BCUT2D eigenvalue weighted by atomic mass is 28.3. The van der Waals surface area contributed by atoms with E-state index in [0.29, 0.717) is 5.92 Å². The van der Waals surface area contributed by atoms with Crippen LogP contribution in [0.1, 0.15) is 0 Å². The molecule has 0 nitrogen and oxygen atoms in total. The minimum atomic E-state index is -1.09. The molecule has 9 heavy (non-hydrogen) atoms. The average molecular weight is 134 g/mol. The monoisotopic (exact) mass is 134 g/mol. The third-order valence-electron chi connectivity index (χ3n) is 2.03. The normalized spacial score (nSPS) is 44.3. The van der Waals surface area contributed by atoms with Crippen LogP contribution in [0.4, 0.5) is 0 Å². The molecule has 3 aliphatic heterocycles. The Morgan fingerprint density at radius 3 is 1.67 bits per heavy atom. The lowest BCUT2D eigenvalue weighted by molar-refractivity contribution is 1.05. The van der Waals surface area contributed by atoms with E-state index < -0.39 is 8.07 Å². The van der Waals surface area contributed by atoms with E-state index in [0.717, 1.165) is 0 Å². The van der Waals surface area contributed by atoms with Gasteiger partial charge in [0.25, 0.3) is 0 Å². The third kappa shape index (κ3) is 0.723. The average Bonchev–Trinajstić information content (AvgIpc) is 1.90. The van der Waals surface area contributed by atoms with E-state index in [4.69, 9.17) is 0 Å². The van der Waals surface area contributed by atoms with Gasteiger partial charge in [0.1, 0.15) is 8.07 Å². The smallest absolute Gasteiger partial charge is 0.0901 e. The summed E-state index contributed by atoms with van der Waals surface area (Å²) in [5.41, 5.74) is 7.20. The van der Waals surface area contributed by atoms with Gasteiger partial charge in [-0.2, -0.15) is 0 Å². The molecule has 0 aromatic carbocycles. The van der Waals surface area contributed by atoms with Crippen LogP contribution in [0, 0.1) is 5.92 Å². The number of rotatable bonds is 0. The lowest BCUT2D eigenvalue weighted by Gasteiger charge is -2.25. The number of hydrogen-bond acceptors (Lipinski definition) is 0. The molecular formula is C8H10Si. The van der Waals surface area contributed by atoms with Gasteiger partial charge in [-0.15, -0.1) is 0 Å². The summed E-state index contributed by atoms with van der Waals surface area (Å²) in [5.74, 6) is 0.624. The second-order valence-corrected chi connectivity index (χ2v) is 6.75. The molecule has 0 amide bonds. The van der Waals surface area contributed by atoms with Crippen LogP contribution in [0.3, 0.4) is 0 Å². The lowest BCUT2D eigenvalue weighted by atomic mass is 10.1. The first kappa shape index (κ1) is 5.24. The molecule has 1 heteroatoms. The number of allylic oxidation sites excluding steroid dienone is 3. The van der Waals surface area contributed by atoms with Crippen molar-refractivity contribution >= 4 is 8.07 Å². The van der Waals surface area contributed by atoms with Crippen molar-refractivity contribution in [3.63, 3.8) is 0 Å². The molecule has 46 valence electrons. The molecule has 3 aliphatic rings. The summed E-state index contributed by atoms with van der Waals surface area (Å²) in [6, 6.07) is 0. The van der Waals surface area contributed by atoms with Crippen LogP contribution in [0.25, 0.3) is 0 Å². The van der Waals surface area contributed by atoms with Gasteiger partial charge in [0.2, 0.25) is 0 Å². The van der Waals surface area contributed by atoms with Gasteiger partial charge < -0.3 is 0 Å². The van der Waals surface area contributed by atoms with E-state index in [-0.39, 0.29) is 0 Å². The summed E-state index contributed by atoms with van der Waals surface area (Å²) < 4.78 is 0. The van der Waals surface area contributed by atoms with Crippen LogP contribution in [0.15, 0.2) is 35.3 Å². The van der Waals surface area contributed by atoms with Gasteiger partial charge in [0.15, 0.2) is 0 Å². The Morgan fingerprint density at radius 1 is 1.00 bits per heavy atom. The Kier molecular flexibility index (Phi) is 0.861. The predicted molar refractivity (Wildman–Crippen MR) is 42.5 cm³/mol. The fourth-order valence-electron chi connectivity index (χ4n) is 1.31. The molecular weight excluding hydrogens is 124 g/mol. The molecule has 0 fully saturated rings. The fourth-order valence-corrected chi connectivity index (χ4v) is 3.56. The highest BCUT2D eigenvalue weighted by molar-refractivity contribution is 6.92. The highest BCUT2D eigenvalue weighted by Crippen LogP contribution is 2.24. The molecule has 0 N–H and O–H groups in total. The number of hydrogen-bond donors (Lipinski definition) is 0. The molecule has 0 aliphatic carbocycles. The zero-order valence-corrected chi connectivity index (χ0v) is 6.54. The van der Waals surface area contributed by atoms with E-state index in [1.807, 2.05) is 0 Å². The second kappa shape index (κ2) is 1.48. The van der Waals surface area contributed by atoms with Gasteiger partial charge in [-0.3, -0.25) is 0 Å². The van der Waals surface area contributed by atoms with Crippen molar-refractivity contribution in [3.8, 4) is 0 Å². The fraction of sp³-hybridized carbons (Fsp3) is 0.250. The van der Waals surface area contributed by atoms with Crippen molar-refractivity contribution in [2.24, 2.45) is 5.92 Å². The molecule has 3 heterocycles. The summed E-state index contributed by atoms with van der Waals surface area (Å²) in [6.45, 7) is 2.35. The topological polar surface area (TPSA) is 0 Å². The quantitative estimate of drug-likeness (QED) is 0.444. The first-order valence-electron chi connectivity index (χ1n) is 3.37. The molecule has 0 atom stereocenters. The van der Waals surface area contributed by atoms with E-state index in [2.05, 4.69) is 41.9 Å². The maximum atomic E-state index is 2.40. The maximum Gasteiger partial charge on any atom is 0.122 e. The molecule has 3 rings (SSSR count). The Bertz CT molecular complexity index is 175. The Balaban J connectivity index is 2.46. The van der Waals surface area contributed by atoms with Gasteiger partial charge in [0.05, 0.1) is 0 Å². The molecule has 0 unspecified atom stereocenters. The largest absolute Gasteiger partial charge is 0.122 e. The Morgan fingerprint density at radius 2 is 1.44 bits per heavy atom. The summed E-state index contributed by atoms with van der Waals surface area (Å²) >= 11 is 0. The van der Waals surface area contributed by atoms with Crippen molar-refractivity contribution in [2.45, 2.75) is 6.55 Å². The maximum absolute atomic E-state index is 2.40. The molecule has 0 aromatic heterocycles. The molecule has 0 radical (unpaired) electrons. The highest BCUT2D eigenvalue weighted by Gasteiger charge is 2.23. The Hall–Kier alpha value is -0.563. The minimum absolute atomic E-state index is 0.624. The first-order valence-corrected chi connectivity index (χ1v) is 6.10. The van der Waals surface area contributed by atoms with Gasteiger partial charge in [-0.25, -0.2) is 0 Å². The van der Waals surface area contributed by atoms with E-state index in [9.17, 15) is 0 Å². The summed E-state index contributed by atoms with van der Waals surface area (Å²) in [7, 11) is -1.09. The summed E-state index contributed by atoms with van der Waals surface area (Å²) in [6.07, 6.45) is 6.94. The van der Waals surface area contributed by atoms with Gasteiger partial charge >= 0.3 is 0 Å². The van der Waals surface area contributed by atoms with Crippen LogP contribution < -0.4 is 0 Å². The van der Waals surface area contributed by atoms with Crippen molar-refractivity contribution in [1.82, 2.24) is 0 Å². The van der Waals surface area contributed by atoms with Crippen LogP contribution in [0.2, 0.25) is 6.55 Å². The predicted octanol–water partition coefficient (Wildman–Crippen LogP) is 1.99. The molecule has 0 saturated carbocycles. The molecule has 2 bridgehead atoms. The molecule has 0 aromatic rings. The van der Waals surface area contributed by atoms with Crippen molar-refractivity contribution in [2.75, 3.05) is 0 Å². The Labute approximate surface area is 56.6 Å². The SMILES string of the molecule is C[Si]12C=CC(C=C1)C=C2.